The van der Waals surface area contributed by atoms with Crippen LogP contribution in [-0.2, 0) is 6.54 Å². The van der Waals surface area contributed by atoms with Gasteiger partial charge in [-0.05, 0) is 38.1 Å². The van der Waals surface area contributed by atoms with Crippen LogP contribution in [0.4, 0.5) is 5.69 Å². The molecule has 1 aliphatic heterocycles. The Bertz CT molecular complexity index is 732. The lowest BCUT2D eigenvalue weighted by molar-refractivity contribution is -0.0298. The van der Waals surface area contributed by atoms with E-state index in [2.05, 4.69) is 15.2 Å². The number of hydrogen-bond acceptors (Lipinski definition) is 5. The van der Waals surface area contributed by atoms with E-state index in [1.807, 2.05) is 26.2 Å². The molecule has 0 spiro atoms. The summed E-state index contributed by atoms with van der Waals surface area (Å²) in [5, 5.41) is 14.3. The Balaban J connectivity index is 1.92. The number of aromatic nitrogens is 2. The molecule has 0 unspecified atom stereocenters. The van der Waals surface area contributed by atoms with Gasteiger partial charge in [-0.3, -0.25) is 9.36 Å². The number of nitrogens with zero attached hydrogens (tertiary/aromatic N) is 3. The van der Waals surface area contributed by atoms with Crippen LogP contribution in [-0.4, -0.2) is 52.3 Å². The fraction of sp³-hybridized carbons (Fsp3) is 0.500. The fourth-order valence-electron chi connectivity index (χ4n) is 2.94. The van der Waals surface area contributed by atoms with Gasteiger partial charge in [-0.1, -0.05) is 0 Å². The van der Waals surface area contributed by atoms with Gasteiger partial charge in [0, 0.05) is 25.8 Å². The summed E-state index contributed by atoms with van der Waals surface area (Å²) in [4.78, 5) is 19.1. The summed E-state index contributed by atoms with van der Waals surface area (Å²) in [5.74, 6) is 0. The van der Waals surface area contributed by atoms with Crippen LogP contribution in [0.5, 0.6) is 0 Å². The smallest absolute Gasteiger partial charge is 0.261 e. The zero-order chi connectivity index (χ0) is 15.7. The molecule has 2 aromatic rings. The normalized spacial score (nSPS) is 18.5. The highest BCUT2D eigenvalue weighted by Gasteiger charge is 2.32. The molecular formula is C16H22N4O2. The predicted molar refractivity (Wildman–Crippen MR) is 87.2 cm³/mol. The summed E-state index contributed by atoms with van der Waals surface area (Å²) in [7, 11) is 3.88. The van der Waals surface area contributed by atoms with Crippen LogP contribution in [0.15, 0.2) is 29.3 Å². The maximum atomic E-state index is 12.6. The van der Waals surface area contributed by atoms with Crippen molar-refractivity contribution in [3.63, 3.8) is 0 Å². The topological polar surface area (TPSA) is 70.4 Å². The summed E-state index contributed by atoms with van der Waals surface area (Å²) in [6.07, 6.45) is 2.89. The molecule has 0 amide bonds. The van der Waals surface area contributed by atoms with Gasteiger partial charge in [0.05, 0.1) is 29.4 Å². The number of rotatable bonds is 3. The molecule has 3 rings (SSSR count). The molecule has 6 nitrogen and oxygen atoms in total. The molecule has 0 saturated carbocycles. The Hall–Kier alpha value is -1.92. The van der Waals surface area contributed by atoms with Gasteiger partial charge >= 0.3 is 0 Å². The Labute approximate surface area is 129 Å². The standard InChI is InChI=1S/C16H22N4O2/c1-17-12-3-4-13-14(9-12)18-11-20(15(13)21)10-16(22)5-7-19(2)8-6-16/h3-4,9,11,17,22H,5-8,10H2,1-2H3. The van der Waals surface area contributed by atoms with Crippen molar-refractivity contribution in [3.8, 4) is 0 Å². The van der Waals surface area contributed by atoms with Crippen LogP contribution in [0.25, 0.3) is 10.9 Å². The highest BCUT2D eigenvalue weighted by atomic mass is 16.3. The summed E-state index contributed by atoms with van der Waals surface area (Å²) < 4.78 is 1.53. The molecule has 22 heavy (non-hydrogen) atoms. The van der Waals surface area contributed by atoms with Gasteiger partial charge in [-0.15, -0.1) is 0 Å². The van der Waals surface area contributed by atoms with Gasteiger partial charge in [0.15, 0.2) is 0 Å². The van der Waals surface area contributed by atoms with Crippen LogP contribution < -0.4 is 10.9 Å². The molecule has 2 N–H and O–H groups in total. The molecule has 118 valence electrons. The lowest BCUT2D eigenvalue weighted by Gasteiger charge is -2.36. The third-order valence-corrected chi connectivity index (χ3v) is 4.50. The fourth-order valence-corrected chi connectivity index (χ4v) is 2.94. The second-order valence-corrected chi connectivity index (χ2v) is 6.19. The Kier molecular flexibility index (Phi) is 3.88. The molecule has 6 heteroatoms. The van der Waals surface area contributed by atoms with Gasteiger partial charge in [0.1, 0.15) is 0 Å². The summed E-state index contributed by atoms with van der Waals surface area (Å²) in [6, 6.07) is 5.50. The van der Waals surface area contributed by atoms with Gasteiger partial charge in [0.2, 0.25) is 0 Å². The molecular weight excluding hydrogens is 280 g/mol. The van der Waals surface area contributed by atoms with Crippen molar-refractivity contribution in [2.75, 3.05) is 32.5 Å². The minimum Gasteiger partial charge on any atom is -0.388 e. The van der Waals surface area contributed by atoms with Crippen molar-refractivity contribution in [2.24, 2.45) is 0 Å². The van der Waals surface area contributed by atoms with Crippen LogP contribution in [0.1, 0.15) is 12.8 Å². The summed E-state index contributed by atoms with van der Waals surface area (Å²) in [5.41, 5.74) is 0.672. The molecule has 1 aromatic carbocycles. The molecule has 1 aromatic heterocycles. The maximum Gasteiger partial charge on any atom is 0.261 e. The van der Waals surface area contributed by atoms with Gasteiger partial charge in [-0.2, -0.15) is 0 Å². The van der Waals surface area contributed by atoms with Gasteiger partial charge in [-0.25, -0.2) is 4.98 Å². The number of aliphatic hydroxyl groups is 1. The molecule has 0 radical (unpaired) electrons. The Morgan fingerprint density at radius 3 is 2.77 bits per heavy atom. The second kappa shape index (κ2) is 5.70. The van der Waals surface area contributed by atoms with Crippen molar-refractivity contribution >= 4 is 16.6 Å². The minimum atomic E-state index is -0.823. The third kappa shape index (κ3) is 2.84. The van der Waals surface area contributed by atoms with Crippen molar-refractivity contribution in [3.05, 3.63) is 34.9 Å². The van der Waals surface area contributed by atoms with E-state index >= 15 is 0 Å². The molecule has 1 aliphatic rings. The highest BCUT2D eigenvalue weighted by molar-refractivity contribution is 5.81. The average molecular weight is 302 g/mol. The van der Waals surface area contributed by atoms with E-state index in [1.165, 1.54) is 4.57 Å². The van der Waals surface area contributed by atoms with Crippen molar-refractivity contribution in [1.29, 1.82) is 0 Å². The Morgan fingerprint density at radius 2 is 2.09 bits per heavy atom. The molecule has 1 saturated heterocycles. The Morgan fingerprint density at radius 1 is 1.36 bits per heavy atom. The number of nitrogens with one attached hydrogen (secondary N) is 1. The van der Waals surface area contributed by atoms with Crippen LogP contribution in [0.2, 0.25) is 0 Å². The first-order valence-corrected chi connectivity index (χ1v) is 7.59. The molecule has 0 atom stereocenters. The van der Waals surface area contributed by atoms with E-state index in [1.54, 1.807) is 12.4 Å². The lowest BCUT2D eigenvalue weighted by atomic mass is 9.91. The van der Waals surface area contributed by atoms with E-state index in [0.717, 1.165) is 18.8 Å². The lowest BCUT2D eigenvalue weighted by Crippen LogP contribution is -2.46. The maximum absolute atomic E-state index is 12.6. The van der Waals surface area contributed by atoms with E-state index in [-0.39, 0.29) is 5.56 Å². The zero-order valence-corrected chi connectivity index (χ0v) is 13.0. The number of anilines is 1. The third-order valence-electron chi connectivity index (χ3n) is 4.50. The quantitative estimate of drug-likeness (QED) is 0.881. The van der Waals surface area contributed by atoms with Crippen molar-refractivity contribution in [2.45, 2.75) is 25.0 Å². The number of hydrogen-bond donors (Lipinski definition) is 2. The number of likely N-dealkylation sites (tertiary alicyclic amines) is 1. The largest absolute Gasteiger partial charge is 0.388 e. The van der Waals surface area contributed by atoms with Crippen molar-refractivity contribution in [1.82, 2.24) is 14.5 Å². The van der Waals surface area contributed by atoms with E-state index in [4.69, 9.17) is 0 Å². The van der Waals surface area contributed by atoms with E-state index < -0.39 is 5.60 Å². The molecule has 0 aliphatic carbocycles. The monoisotopic (exact) mass is 302 g/mol. The summed E-state index contributed by atoms with van der Waals surface area (Å²) >= 11 is 0. The van der Waals surface area contributed by atoms with Gasteiger partial charge in [0.25, 0.3) is 5.56 Å². The van der Waals surface area contributed by atoms with Crippen molar-refractivity contribution < 1.29 is 5.11 Å². The number of piperidine rings is 1. The molecule has 1 fully saturated rings. The molecule has 0 bridgehead atoms. The number of fused-ring (bicyclic) bond motifs is 1. The van der Waals surface area contributed by atoms with Crippen LogP contribution >= 0.6 is 0 Å². The van der Waals surface area contributed by atoms with E-state index in [9.17, 15) is 9.90 Å². The number of benzene rings is 1. The average Bonchev–Trinajstić information content (AvgIpc) is 2.53. The summed E-state index contributed by atoms with van der Waals surface area (Å²) in [6.45, 7) is 1.99. The van der Waals surface area contributed by atoms with Crippen LogP contribution in [0, 0.1) is 0 Å². The first-order valence-electron chi connectivity index (χ1n) is 7.59. The second-order valence-electron chi connectivity index (χ2n) is 6.19. The first-order chi connectivity index (χ1) is 10.5. The highest BCUT2D eigenvalue weighted by Crippen LogP contribution is 2.23. The minimum absolute atomic E-state index is 0.0972. The predicted octanol–water partition coefficient (Wildman–Crippen LogP) is 0.895. The van der Waals surface area contributed by atoms with Gasteiger partial charge < -0.3 is 15.3 Å². The SMILES string of the molecule is CNc1ccc2c(=O)n(CC3(O)CCN(C)CC3)cnc2c1. The molecule has 2 heterocycles. The first kappa shape index (κ1) is 15.0. The van der Waals surface area contributed by atoms with Crippen LogP contribution in [0.3, 0.4) is 0 Å². The zero-order valence-electron chi connectivity index (χ0n) is 13.0. The van der Waals surface area contributed by atoms with E-state index in [0.29, 0.717) is 30.3 Å².